The molecule has 31 heavy (non-hydrogen) atoms. The highest BCUT2D eigenvalue weighted by atomic mass is 16.5. The van der Waals surface area contributed by atoms with Crippen LogP contribution >= 0.6 is 0 Å². The molecule has 1 N–H and O–H groups in total. The Kier molecular flexibility index (Phi) is 5.52. The van der Waals surface area contributed by atoms with Crippen LogP contribution in [-0.2, 0) is 19.5 Å². The van der Waals surface area contributed by atoms with Crippen molar-refractivity contribution in [2.24, 2.45) is 0 Å². The van der Waals surface area contributed by atoms with Crippen LogP contribution in [0, 0.1) is 6.92 Å². The minimum absolute atomic E-state index is 0.155. The van der Waals surface area contributed by atoms with Gasteiger partial charge in [0.05, 0.1) is 45.0 Å². The van der Waals surface area contributed by atoms with Gasteiger partial charge < -0.3 is 19.1 Å². The summed E-state index contributed by atoms with van der Waals surface area (Å²) < 4.78 is 20.0. The lowest BCUT2D eigenvalue weighted by molar-refractivity contribution is 0.354. The normalized spacial score (nSPS) is 11.1. The number of methoxy groups -OCH3 is 2. The Morgan fingerprint density at radius 3 is 2.65 bits per heavy atom. The molecule has 4 rings (SSSR count). The monoisotopic (exact) mass is 425 g/mol. The summed E-state index contributed by atoms with van der Waals surface area (Å²) in [5.74, 6) is 1.82. The van der Waals surface area contributed by atoms with Crippen LogP contribution in [0.1, 0.15) is 16.9 Å². The molecule has 0 aliphatic rings. The van der Waals surface area contributed by atoms with Crippen molar-refractivity contribution in [3.8, 4) is 23.1 Å². The molecule has 10 heteroatoms. The van der Waals surface area contributed by atoms with Gasteiger partial charge in [0.2, 0.25) is 5.88 Å². The van der Waals surface area contributed by atoms with E-state index in [4.69, 9.17) is 14.0 Å². The maximum absolute atomic E-state index is 12.9. The zero-order valence-electron chi connectivity index (χ0n) is 17.5. The number of aromatic hydroxyl groups is 1. The van der Waals surface area contributed by atoms with Crippen LogP contribution < -0.4 is 15.2 Å². The van der Waals surface area contributed by atoms with E-state index in [9.17, 15) is 9.90 Å². The Morgan fingerprint density at radius 1 is 1.13 bits per heavy atom. The fourth-order valence-electron chi connectivity index (χ4n) is 3.37. The number of aryl methyl sites for hydroxylation is 3. The van der Waals surface area contributed by atoms with Crippen LogP contribution in [-0.4, -0.2) is 43.4 Å². The second-order valence-corrected chi connectivity index (χ2v) is 7.04. The fourth-order valence-corrected chi connectivity index (χ4v) is 3.37. The van der Waals surface area contributed by atoms with Crippen LogP contribution in [0.5, 0.6) is 17.4 Å². The van der Waals surface area contributed by atoms with Gasteiger partial charge in [0.25, 0.3) is 0 Å². The average Bonchev–Trinajstić information content (AvgIpc) is 3.46. The van der Waals surface area contributed by atoms with Crippen LogP contribution in [0.4, 0.5) is 0 Å². The van der Waals surface area contributed by atoms with Crippen molar-refractivity contribution in [1.82, 2.24) is 24.1 Å². The van der Waals surface area contributed by atoms with Gasteiger partial charge >= 0.3 is 5.69 Å². The Bertz CT molecular complexity index is 1250. The van der Waals surface area contributed by atoms with Gasteiger partial charge in [0.15, 0.2) is 11.5 Å². The molecular weight excluding hydrogens is 402 g/mol. The lowest BCUT2D eigenvalue weighted by Gasteiger charge is -2.09. The third kappa shape index (κ3) is 4.04. The van der Waals surface area contributed by atoms with Crippen LogP contribution in [0.2, 0.25) is 0 Å². The molecular formula is C21H23N5O5. The molecule has 0 atom stereocenters. The SMILES string of the molecule is COc1ccc(CCn2cc(O)n(-c3cnn(Cc4cnoc4C)c3)c2=O)cc1OC. The molecule has 3 aromatic heterocycles. The highest BCUT2D eigenvalue weighted by Crippen LogP contribution is 2.27. The molecule has 0 bridgehead atoms. The third-order valence-corrected chi connectivity index (χ3v) is 5.09. The van der Waals surface area contributed by atoms with Gasteiger partial charge in [-0.3, -0.25) is 9.25 Å². The molecule has 10 nitrogen and oxygen atoms in total. The average molecular weight is 425 g/mol. The lowest BCUT2D eigenvalue weighted by atomic mass is 10.1. The molecule has 0 fully saturated rings. The van der Waals surface area contributed by atoms with Crippen molar-refractivity contribution < 1.29 is 19.1 Å². The fraction of sp³-hybridized carbons (Fsp3) is 0.286. The number of nitrogens with zero attached hydrogens (tertiary/aromatic N) is 5. The molecule has 4 aromatic rings. The van der Waals surface area contributed by atoms with E-state index in [1.165, 1.54) is 21.5 Å². The standard InChI is InChI=1S/C21H23N5O5/c1-14-16(9-23-31-14)11-25-12-17(10-22-25)26-20(27)13-24(21(26)28)7-6-15-4-5-18(29-2)19(8-15)30-3/h4-5,8-10,12-13,27H,6-7,11H2,1-3H3. The maximum atomic E-state index is 12.9. The molecule has 0 saturated carbocycles. The van der Waals surface area contributed by atoms with E-state index in [0.29, 0.717) is 42.5 Å². The van der Waals surface area contributed by atoms with E-state index in [0.717, 1.165) is 11.1 Å². The number of aromatic nitrogens is 5. The van der Waals surface area contributed by atoms with Gasteiger partial charge in [-0.15, -0.1) is 0 Å². The summed E-state index contributed by atoms with van der Waals surface area (Å²) in [5.41, 5.74) is 1.99. The summed E-state index contributed by atoms with van der Waals surface area (Å²) in [6.07, 6.45) is 6.85. The van der Waals surface area contributed by atoms with Crippen molar-refractivity contribution in [3.05, 3.63) is 70.4 Å². The topological polar surface area (TPSA) is 109 Å². The minimum Gasteiger partial charge on any atom is -0.493 e. The highest BCUT2D eigenvalue weighted by Gasteiger charge is 2.15. The van der Waals surface area contributed by atoms with Crippen LogP contribution in [0.3, 0.4) is 0 Å². The zero-order chi connectivity index (χ0) is 22.0. The van der Waals surface area contributed by atoms with E-state index >= 15 is 0 Å². The summed E-state index contributed by atoms with van der Waals surface area (Å²) in [6, 6.07) is 5.61. The van der Waals surface area contributed by atoms with Crippen molar-refractivity contribution in [2.75, 3.05) is 14.2 Å². The first kappa shape index (κ1) is 20.3. The van der Waals surface area contributed by atoms with Gasteiger partial charge in [0.1, 0.15) is 5.76 Å². The number of imidazole rings is 1. The molecule has 0 spiro atoms. The number of hydrogen-bond donors (Lipinski definition) is 1. The maximum Gasteiger partial charge on any atom is 0.335 e. The second kappa shape index (κ2) is 8.42. The summed E-state index contributed by atoms with van der Waals surface area (Å²) in [6.45, 7) is 2.66. The van der Waals surface area contributed by atoms with E-state index in [1.54, 1.807) is 31.3 Å². The first-order valence-corrected chi connectivity index (χ1v) is 9.65. The number of rotatable bonds is 8. The Balaban J connectivity index is 1.52. The molecule has 0 aliphatic heterocycles. The first-order valence-electron chi connectivity index (χ1n) is 9.65. The first-order chi connectivity index (χ1) is 15.0. The Labute approximate surface area is 177 Å². The van der Waals surface area contributed by atoms with Crippen LogP contribution in [0.15, 0.2) is 52.3 Å². The van der Waals surface area contributed by atoms with E-state index in [1.807, 2.05) is 25.1 Å². The quantitative estimate of drug-likeness (QED) is 0.461. The molecule has 162 valence electrons. The largest absolute Gasteiger partial charge is 0.493 e. The van der Waals surface area contributed by atoms with Crippen molar-refractivity contribution in [3.63, 3.8) is 0 Å². The van der Waals surface area contributed by atoms with Gasteiger partial charge in [-0.1, -0.05) is 11.2 Å². The molecule has 0 amide bonds. The third-order valence-electron chi connectivity index (χ3n) is 5.09. The Morgan fingerprint density at radius 2 is 1.94 bits per heavy atom. The molecule has 0 aliphatic carbocycles. The molecule has 0 saturated heterocycles. The van der Waals surface area contributed by atoms with Gasteiger partial charge in [-0.05, 0) is 31.0 Å². The molecule has 0 radical (unpaired) electrons. The Hall–Kier alpha value is -3.95. The molecule has 0 unspecified atom stereocenters. The molecule has 3 heterocycles. The van der Waals surface area contributed by atoms with Gasteiger partial charge in [-0.2, -0.15) is 5.10 Å². The molecule has 1 aromatic carbocycles. The lowest BCUT2D eigenvalue weighted by Crippen LogP contribution is -2.23. The summed E-state index contributed by atoms with van der Waals surface area (Å²) in [4.78, 5) is 12.9. The summed E-state index contributed by atoms with van der Waals surface area (Å²) in [5, 5.41) is 18.4. The smallest absolute Gasteiger partial charge is 0.335 e. The summed E-state index contributed by atoms with van der Waals surface area (Å²) >= 11 is 0. The zero-order valence-corrected chi connectivity index (χ0v) is 17.5. The van der Waals surface area contributed by atoms with Crippen molar-refractivity contribution >= 4 is 0 Å². The number of hydrogen-bond acceptors (Lipinski definition) is 7. The van der Waals surface area contributed by atoms with Crippen molar-refractivity contribution in [1.29, 1.82) is 0 Å². The summed E-state index contributed by atoms with van der Waals surface area (Å²) in [7, 11) is 3.16. The highest BCUT2D eigenvalue weighted by molar-refractivity contribution is 5.43. The van der Waals surface area contributed by atoms with E-state index in [-0.39, 0.29) is 11.6 Å². The van der Waals surface area contributed by atoms with E-state index < -0.39 is 0 Å². The van der Waals surface area contributed by atoms with Crippen molar-refractivity contribution in [2.45, 2.75) is 26.4 Å². The number of ether oxygens (including phenoxy) is 2. The predicted molar refractivity (Wildman–Crippen MR) is 111 cm³/mol. The van der Waals surface area contributed by atoms with Gasteiger partial charge in [-0.25, -0.2) is 9.36 Å². The van der Waals surface area contributed by atoms with Crippen LogP contribution in [0.25, 0.3) is 5.69 Å². The number of benzene rings is 1. The van der Waals surface area contributed by atoms with E-state index in [2.05, 4.69) is 10.3 Å². The van der Waals surface area contributed by atoms with Gasteiger partial charge in [0, 0.05) is 18.3 Å². The predicted octanol–water partition coefficient (Wildman–Crippen LogP) is 2.15. The second-order valence-electron chi connectivity index (χ2n) is 7.04. The minimum atomic E-state index is -0.348.